The van der Waals surface area contributed by atoms with Crippen LogP contribution in [-0.4, -0.2) is 44.4 Å². The second kappa shape index (κ2) is 5.04. The molecule has 1 saturated heterocycles. The second-order valence-corrected chi connectivity index (χ2v) is 7.88. The van der Waals surface area contributed by atoms with E-state index in [0.29, 0.717) is 0 Å². The van der Waals surface area contributed by atoms with E-state index in [-0.39, 0.29) is 17.4 Å². The summed E-state index contributed by atoms with van der Waals surface area (Å²) in [5, 5.41) is 9.66. The van der Waals surface area contributed by atoms with Crippen LogP contribution in [0.25, 0.3) is 0 Å². The zero-order valence-corrected chi connectivity index (χ0v) is 12.8. The van der Waals surface area contributed by atoms with Crippen molar-refractivity contribution in [3.05, 3.63) is 23.8 Å². The van der Waals surface area contributed by atoms with E-state index in [4.69, 9.17) is 4.74 Å². The Morgan fingerprint density at radius 3 is 2.75 bits per heavy atom. The SMILES string of the molecule is CC1(C)CC(N2CCS(=O)CC2)c2ccc(O)cc2O1. The molecule has 5 heteroatoms. The summed E-state index contributed by atoms with van der Waals surface area (Å²) < 4.78 is 17.5. The van der Waals surface area contributed by atoms with Crippen LogP contribution in [0.5, 0.6) is 11.5 Å². The van der Waals surface area contributed by atoms with Gasteiger partial charge in [-0.1, -0.05) is 6.07 Å². The minimum absolute atomic E-state index is 0.236. The maximum absolute atomic E-state index is 11.5. The Kier molecular flexibility index (Phi) is 3.50. The van der Waals surface area contributed by atoms with Crippen molar-refractivity contribution in [2.45, 2.75) is 31.9 Å². The van der Waals surface area contributed by atoms with Gasteiger partial charge >= 0.3 is 0 Å². The average Bonchev–Trinajstić information content (AvgIpc) is 2.37. The van der Waals surface area contributed by atoms with E-state index in [1.165, 1.54) is 0 Å². The molecule has 3 rings (SSSR count). The second-order valence-electron chi connectivity index (χ2n) is 6.19. The number of phenols is 1. The van der Waals surface area contributed by atoms with Gasteiger partial charge in [0.05, 0.1) is 0 Å². The molecule has 4 nitrogen and oxygen atoms in total. The van der Waals surface area contributed by atoms with Gasteiger partial charge in [-0.3, -0.25) is 9.11 Å². The van der Waals surface area contributed by atoms with Crippen LogP contribution in [0.2, 0.25) is 0 Å². The third-order valence-electron chi connectivity index (χ3n) is 4.08. The number of hydrogen-bond donors (Lipinski definition) is 1. The first-order chi connectivity index (χ1) is 9.44. The van der Waals surface area contributed by atoms with Crippen LogP contribution >= 0.6 is 0 Å². The summed E-state index contributed by atoms with van der Waals surface area (Å²) in [6, 6.07) is 5.66. The highest BCUT2D eigenvalue weighted by Gasteiger charge is 2.37. The van der Waals surface area contributed by atoms with Crippen LogP contribution in [0, 0.1) is 0 Å². The van der Waals surface area contributed by atoms with E-state index >= 15 is 0 Å². The Bertz CT molecular complexity index is 534. The predicted octanol–water partition coefficient (Wildman–Crippen LogP) is 2.06. The maximum Gasteiger partial charge on any atom is 0.128 e. The number of ether oxygens (including phenoxy) is 1. The van der Waals surface area contributed by atoms with Crippen LogP contribution in [0.4, 0.5) is 0 Å². The molecule has 2 heterocycles. The molecule has 1 atom stereocenters. The van der Waals surface area contributed by atoms with Crippen LogP contribution in [0.3, 0.4) is 0 Å². The molecule has 0 spiro atoms. The molecule has 1 N–H and O–H groups in total. The molecule has 0 aromatic heterocycles. The average molecular weight is 295 g/mol. The first-order valence-electron chi connectivity index (χ1n) is 7.06. The topological polar surface area (TPSA) is 49.8 Å². The molecule has 0 amide bonds. The quantitative estimate of drug-likeness (QED) is 0.861. The van der Waals surface area contributed by atoms with Crippen molar-refractivity contribution in [2.75, 3.05) is 24.6 Å². The zero-order valence-electron chi connectivity index (χ0n) is 12.0. The summed E-state index contributed by atoms with van der Waals surface area (Å²) in [6.07, 6.45) is 0.914. The molecule has 2 aliphatic rings. The number of hydrogen-bond acceptors (Lipinski definition) is 4. The van der Waals surface area contributed by atoms with E-state index in [9.17, 15) is 9.32 Å². The highest BCUT2D eigenvalue weighted by atomic mass is 32.2. The molecule has 0 radical (unpaired) electrons. The molecule has 1 aromatic carbocycles. The summed E-state index contributed by atoms with van der Waals surface area (Å²) in [7, 11) is -0.659. The van der Waals surface area contributed by atoms with Gasteiger partial charge in [0, 0.05) is 59.5 Å². The van der Waals surface area contributed by atoms with Crippen molar-refractivity contribution in [1.29, 1.82) is 0 Å². The largest absolute Gasteiger partial charge is 0.508 e. The Labute approximate surface area is 122 Å². The Hall–Kier alpha value is -1.07. The summed E-state index contributed by atoms with van der Waals surface area (Å²) in [5.74, 6) is 2.52. The molecule has 0 saturated carbocycles. The number of benzene rings is 1. The van der Waals surface area contributed by atoms with E-state index in [2.05, 4.69) is 18.7 Å². The van der Waals surface area contributed by atoms with Crippen molar-refractivity contribution >= 4 is 10.8 Å². The maximum atomic E-state index is 11.5. The lowest BCUT2D eigenvalue weighted by atomic mass is 9.88. The first kappa shape index (κ1) is 13.9. The monoisotopic (exact) mass is 295 g/mol. The van der Waals surface area contributed by atoms with Gasteiger partial charge < -0.3 is 9.84 Å². The number of phenolic OH excluding ortho intramolecular Hbond substituents is 1. The van der Waals surface area contributed by atoms with Crippen molar-refractivity contribution < 1.29 is 14.1 Å². The fraction of sp³-hybridized carbons (Fsp3) is 0.600. The smallest absolute Gasteiger partial charge is 0.128 e. The number of rotatable bonds is 1. The van der Waals surface area contributed by atoms with Gasteiger partial charge in [0.1, 0.15) is 17.1 Å². The summed E-state index contributed by atoms with van der Waals surface area (Å²) in [5.41, 5.74) is 0.886. The van der Waals surface area contributed by atoms with Gasteiger partial charge in [0.2, 0.25) is 0 Å². The first-order valence-corrected chi connectivity index (χ1v) is 8.54. The third-order valence-corrected chi connectivity index (χ3v) is 5.36. The van der Waals surface area contributed by atoms with Gasteiger partial charge in [-0.25, -0.2) is 0 Å². The molecule has 0 aliphatic carbocycles. The minimum atomic E-state index is -0.659. The Balaban J connectivity index is 1.93. The molecule has 2 aliphatic heterocycles. The molecule has 110 valence electrons. The zero-order chi connectivity index (χ0) is 14.3. The Morgan fingerprint density at radius 2 is 2.05 bits per heavy atom. The summed E-state index contributed by atoms with van der Waals surface area (Å²) >= 11 is 0. The minimum Gasteiger partial charge on any atom is -0.508 e. The van der Waals surface area contributed by atoms with Gasteiger partial charge in [0.25, 0.3) is 0 Å². The van der Waals surface area contributed by atoms with Crippen molar-refractivity contribution in [3.8, 4) is 11.5 Å². The molecule has 20 heavy (non-hydrogen) atoms. The molecule has 1 fully saturated rings. The van der Waals surface area contributed by atoms with Gasteiger partial charge in [-0.2, -0.15) is 0 Å². The van der Waals surface area contributed by atoms with E-state index in [0.717, 1.165) is 42.3 Å². The summed E-state index contributed by atoms with van der Waals surface area (Å²) in [6.45, 7) is 5.89. The molecule has 1 aromatic rings. The number of nitrogens with zero attached hydrogens (tertiary/aromatic N) is 1. The predicted molar refractivity (Wildman–Crippen MR) is 79.6 cm³/mol. The van der Waals surface area contributed by atoms with Gasteiger partial charge in [0.15, 0.2) is 0 Å². The number of fused-ring (bicyclic) bond motifs is 1. The fourth-order valence-corrected chi connectivity index (χ4v) is 4.17. The molecule has 0 bridgehead atoms. The normalized spacial score (nSPS) is 26.8. The highest BCUT2D eigenvalue weighted by Crippen LogP contribution is 2.43. The van der Waals surface area contributed by atoms with Gasteiger partial charge in [-0.15, -0.1) is 0 Å². The molecular formula is C15H21NO3S. The van der Waals surface area contributed by atoms with E-state index in [1.54, 1.807) is 12.1 Å². The fourth-order valence-electron chi connectivity index (χ4n) is 3.09. The lowest BCUT2D eigenvalue weighted by Crippen LogP contribution is -2.46. The molecular weight excluding hydrogens is 274 g/mol. The number of aromatic hydroxyl groups is 1. The van der Waals surface area contributed by atoms with Crippen LogP contribution in [-0.2, 0) is 10.8 Å². The van der Waals surface area contributed by atoms with Crippen LogP contribution in [0.15, 0.2) is 18.2 Å². The van der Waals surface area contributed by atoms with Crippen molar-refractivity contribution in [1.82, 2.24) is 4.90 Å². The lowest BCUT2D eigenvalue weighted by molar-refractivity contribution is 0.0322. The standard InChI is InChI=1S/C15H21NO3S/c1-15(2)10-13(16-5-7-20(18)8-6-16)12-4-3-11(17)9-14(12)19-15/h3-4,9,13,17H,5-8,10H2,1-2H3. The Morgan fingerprint density at radius 1 is 1.35 bits per heavy atom. The highest BCUT2D eigenvalue weighted by molar-refractivity contribution is 7.85. The van der Waals surface area contributed by atoms with Gasteiger partial charge in [-0.05, 0) is 19.9 Å². The molecule has 1 unspecified atom stereocenters. The summed E-state index contributed by atoms with van der Waals surface area (Å²) in [4.78, 5) is 2.40. The van der Waals surface area contributed by atoms with Crippen molar-refractivity contribution in [3.63, 3.8) is 0 Å². The van der Waals surface area contributed by atoms with E-state index in [1.807, 2.05) is 6.07 Å². The third kappa shape index (κ3) is 2.69. The lowest BCUT2D eigenvalue weighted by Gasteiger charge is -2.43. The van der Waals surface area contributed by atoms with Crippen LogP contribution in [0.1, 0.15) is 31.9 Å². The van der Waals surface area contributed by atoms with Crippen LogP contribution < -0.4 is 4.74 Å². The van der Waals surface area contributed by atoms with E-state index < -0.39 is 10.8 Å². The van der Waals surface area contributed by atoms with Crippen molar-refractivity contribution in [2.24, 2.45) is 0 Å².